The summed E-state index contributed by atoms with van der Waals surface area (Å²) in [6.45, 7) is 15.8. The molecule has 7 heteroatoms. The molecule has 7 nitrogen and oxygen atoms in total. The number of aromatic nitrogens is 3. The molecule has 1 saturated heterocycles. The molecule has 0 aliphatic carbocycles. The van der Waals surface area contributed by atoms with Crippen LogP contribution in [0.2, 0.25) is 0 Å². The monoisotopic (exact) mass is 440 g/mol. The molecule has 0 radical (unpaired) electrons. The predicted octanol–water partition coefficient (Wildman–Crippen LogP) is 4.63. The minimum atomic E-state index is 0.135. The summed E-state index contributed by atoms with van der Waals surface area (Å²) in [7, 11) is 1.87. The number of nitrogens with one attached hydrogen (secondary N) is 2. The first-order valence-corrected chi connectivity index (χ1v) is 12.2. The van der Waals surface area contributed by atoms with Crippen molar-refractivity contribution in [3.63, 3.8) is 0 Å². The van der Waals surface area contributed by atoms with Crippen LogP contribution in [0.4, 0.5) is 11.6 Å². The molecule has 0 bridgehead atoms. The second kappa shape index (κ2) is 10.9. The van der Waals surface area contributed by atoms with E-state index < -0.39 is 0 Å². The normalized spacial score (nSPS) is 16.7. The largest absolute Gasteiger partial charge is 0.472 e. The highest BCUT2D eigenvalue weighted by Gasteiger charge is 2.26. The number of pyridine rings is 1. The van der Waals surface area contributed by atoms with E-state index in [2.05, 4.69) is 69.2 Å². The van der Waals surface area contributed by atoms with Crippen LogP contribution in [0.25, 0.3) is 11.3 Å². The molecule has 2 N–H and O–H groups in total. The van der Waals surface area contributed by atoms with Crippen molar-refractivity contribution in [2.24, 2.45) is 0 Å². The second-order valence-electron chi connectivity index (χ2n) is 8.84. The van der Waals surface area contributed by atoms with Gasteiger partial charge in [0, 0.05) is 44.0 Å². The molecule has 0 aromatic carbocycles. The highest BCUT2D eigenvalue weighted by Crippen LogP contribution is 2.36. The standard InChI is InChI=1S/C25H40N6O/c1-8-18(9-2)32-25-23(26-7)30-22(20(10-3)29-25)19-11-12-21(16(4)5)28-24(19)31-14-13-27-15-17(31)6/h11-12,16-18,27H,8-10,13-15H2,1-7H3,(H,26,30). The van der Waals surface area contributed by atoms with Gasteiger partial charge in [0.1, 0.15) is 11.9 Å². The van der Waals surface area contributed by atoms with Gasteiger partial charge in [0.15, 0.2) is 5.82 Å². The lowest BCUT2D eigenvalue weighted by Crippen LogP contribution is -2.50. The number of ether oxygens (including phenoxy) is 1. The Morgan fingerprint density at radius 3 is 2.50 bits per heavy atom. The molecule has 1 atom stereocenters. The molecule has 1 unspecified atom stereocenters. The van der Waals surface area contributed by atoms with Gasteiger partial charge in [0.2, 0.25) is 0 Å². The van der Waals surface area contributed by atoms with Crippen molar-refractivity contribution in [3.8, 4) is 17.1 Å². The summed E-state index contributed by atoms with van der Waals surface area (Å²) in [5, 5.41) is 6.69. The lowest BCUT2D eigenvalue weighted by atomic mass is 10.0. The molecule has 3 heterocycles. The van der Waals surface area contributed by atoms with E-state index >= 15 is 0 Å². The van der Waals surface area contributed by atoms with Crippen LogP contribution < -0.4 is 20.3 Å². The second-order valence-corrected chi connectivity index (χ2v) is 8.84. The maximum Gasteiger partial charge on any atom is 0.257 e. The van der Waals surface area contributed by atoms with Gasteiger partial charge in [-0.25, -0.2) is 15.0 Å². The van der Waals surface area contributed by atoms with E-state index in [-0.39, 0.29) is 6.10 Å². The van der Waals surface area contributed by atoms with E-state index in [1.165, 1.54) is 0 Å². The third kappa shape index (κ3) is 5.14. The lowest BCUT2D eigenvalue weighted by Gasteiger charge is -2.36. The summed E-state index contributed by atoms with van der Waals surface area (Å²) in [5.74, 6) is 2.63. The van der Waals surface area contributed by atoms with Crippen LogP contribution in [-0.4, -0.2) is 53.8 Å². The quantitative estimate of drug-likeness (QED) is 0.589. The van der Waals surface area contributed by atoms with E-state index in [1.54, 1.807) is 0 Å². The Kier molecular flexibility index (Phi) is 8.29. The Morgan fingerprint density at radius 2 is 1.91 bits per heavy atom. The molecule has 2 aromatic rings. The molecule has 32 heavy (non-hydrogen) atoms. The molecular formula is C25H40N6O. The first-order valence-electron chi connectivity index (χ1n) is 12.2. The molecule has 1 aliphatic rings. The van der Waals surface area contributed by atoms with Gasteiger partial charge in [0.25, 0.3) is 5.88 Å². The van der Waals surface area contributed by atoms with Gasteiger partial charge < -0.3 is 20.3 Å². The van der Waals surface area contributed by atoms with E-state index in [0.717, 1.165) is 67.4 Å². The average Bonchev–Trinajstić information content (AvgIpc) is 2.82. The fourth-order valence-corrected chi connectivity index (χ4v) is 4.12. The van der Waals surface area contributed by atoms with Crippen molar-refractivity contribution in [1.82, 2.24) is 20.3 Å². The maximum absolute atomic E-state index is 6.21. The van der Waals surface area contributed by atoms with E-state index in [9.17, 15) is 0 Å². The maximum atomic E-state index is 6.21. The Hall–Kier alpha value is -2.41. The zero-order valence-electron chi connectivity index (χ0n) is 20.8. The van der Waals surface area contributed by atoms with Gasteiger partial charge >= 0.3 is 0 Å². The summed E-state index contributed by atoms with van der Waals surface area (Å²) in [5.41, 5.74) is 3.96. The molecule has 1 aliphatic heterocycles. The molecule has 0 spiro atoms. The lowest BCUT2D eigenvalue weighted by molar-refractivity contribution is 0.185. The Labute approximate surface area is 193 Å². The summed E-state index contributed by atoms with van der Waals surface area (Å²) in [6, 6.07) is 4.67. The zero-order chi connectivity index (χ0) is 23.3. The van der Waals surface area contributed by atoms with Crippen LogP contribution >= 0.6 is 0 Å². The first-order chi connectivity index (χ1) is 15.4. The number of anilines is 2. The number of hydrogen-bond donors (Lipinski definition) is 2. The van der Waals surface area contributed by atoms with Crippen LogP contribution in [0.15, 0.2) is 12.1 Å². The van der Waals surface area contributed by atoms with Crippen molar-refractivity contribution in [3.05, 3.63) is 23.5 Å². The zero-order valence-corrected chi connectivity index (χ0v) is 20.8. The Balaban J connectivity index is 2.15. The van der Waals surface area contributed by atoms with E-state index in [4.69, 9.17) is 19.7 Å². The summed E-state index contributed by atoms with van der Waals surface area (Å²) in [6.07, 6.45) is 2.79. The van der Waals surface area contributed by atoms with Crippen molar-refractivity contribution in [2.75, 3.05) is 36.9 Å². The third-order valence-electron chi connectivity index (χ3n) is 6.21. The summed E-state index contributed by atoms with van der Waals surface area (Å²) < 4.78 is 6.21. The van der Waals surface area contributed by atoms with Crippen molar-refractivity contribution in [2.45, 2.75) is 78.9 Å². The SMILES string of the molecule is CCc1nc(OC(CC)CC)c(NC)nc1-c1ccc(C(C)C)nc1N1CCNCC1C. The molecule has 1 fully saturated rings. The molecule has 176 valence electrons. The fourth-order valence-electron chi connectivity index (χ4n) is 4.12. The molecule has 3 rings (SSSR count). The fraction of sp³-hybridized carbons (Fsp3) is 0.640. The molecule has 0 saturated carbocycles. The number of piperazine rings is 1. The van der Waals surface area contributed by atoms with E-state index in [0.29, 0.717) is 23.7 Å². The third-order valence-corrected chi connectivity index (χ3v) is 6.21. The van der Waals surface area contributed by atoms with Crippen LogP contribution in [0.3, 0.4) is 0 Å². The van der Waals surface area contributed by atoms with Crippen molar-refractivity contribution in [1.29, 1.82) is 0 Å². The van der Waals surface area contributed by atoms with Gasteiger partial charge in [-0.05, 0) is 44.2 Å². The van der Waals surface area contributed by atoms with E-state index in [1.807, 2.05) is 7.05 Å². The van der Waals surface area contributed by atoms with Gasteiger partial charge in [-0.1, -0.05) is 34.6 Å². The smallest absolute Gasteiger partial charge is 0.257 e. The van der Waals surface area contributed by atoms with Crippen LogP contribution in [0.5, 0.6) is 5.88 Å². The van der Waals surface area contributed by atoms with Gasteiger partial charge in [-0.2, -0.15) is 0 Å². The molecule has 2 aromatic heterocycles. The topological polar surface area (TPSA) is 75.2 Å². The molecule has 0 amide bonds. The minimum Gasteiger partial charge on any atom is -0.472 e. The highest BCUT2D eigenvalue weighted by atomic mass is 16.5. The Morgan fingerprint density at radius 1 is 1.16 bits per heavy atom. The predicted molar refractivity (Wildman–Crippen MR) is 133 cm³/mol. The minimum absolute atomic E-state index is 0.135. The number of nitrogens with zero attached hydrogens (tertiary/aromatic N) is 4. The summed E-state index contributed by atoms with van der Waals surface area (Å²) in [4.78, 5) is 17.5. The first kappa shape index (κ1) is 24.2. The van der Waals surface area contributed by atoms with Gasteiger partial charge in [-0.15, -0.1) is 0 Å². The van der Waals surface area contributed by atoms with Crippen LogP contribution in [-0.2, 0) is 6.42 Å². The van der Waals surface area contributed by atoms with Crippen molar-refractivity contribution < 1.29 is 4.74 Å². The summed E-state index contributed by atoms with van der Waals surface area (Å²) >= 11 is 0. The van der Waals surface area contributed by atoms with Gasteiger partial charge in [-0.3, -0.25) is 0 Å². The number of rotatable bonds is 9. The van der Waals surface area contributed by atoms with Crippen LogP contribution in [0.1, 0.15) is 71.7 Å². The highest BCUT2D eigenvalue weighted by molar-refractivity contribution is 5.77. The van der Waals surface area contributed by atoms with Crippen molar-refractivity contribution >= 4 is 11.6 Å². The number of hydrogen-bond acceptors (Lipinski definition) is 7. The molecular weight excluding hydrogens is 400 g/mol. The average molecular weight is 441 g/mol. The van der Waals surface area contributed by atoms with Crippen LogP contribution in [0, 0.1) is 0 Å². The Bertz CT molecular complexity index is 896. The number of aryl methyl sites for hydroxylation is 1. The van der Waals surface area contributed by atoms with Gasteiger partial charge in [0.05, 0.1) is 11.4 Å².